The third-order valence-electron chi connectivity index (χ3n) is 4.38. The highest BCUT2D eigenvalue weighted by atomic mass is 16.5. The summed E-state index contributed by atoms with van der Waals surface area (Å²) >= 11 is 0. The van der Waals surface area contributed by atoms with Crippen molar-refractivity contribution in [2.75, 3.05) is 51.9 Å². The Morgan fingerprint density at radius 3 is 2.14 bits per heavy atom. The SMILES string of the molecule is COc1cc(OC)cc(C(=O)OCC(=O)N2CCN(c3ncccn3)CC2)c1. The van der Waals surface area contributed by atoms with Gasteiger partial charge in [-0.2, -0.15) is 0 Å². The highest BCUT2D eigenvalue weighted by Crippen LogP contribution is 2.23. The molecule has 0 bridgehead atoms. The van der Waals surface area contributed by atoms with Gasteiger partial charge in [0.15, 0.2) is 6.61 Å². The molecule has 0 atom stereocenters. The van der Waals surface area contributed by atoms with Gasteiger partial charge in [0.2, 0.25) is 5.95 Å². The molecule has 148 valence electrons. The van der Waals surface area contributed by atoms with Gasteiger partial charge in [0.25, 0.3) is 5.91 Å². The average Bonchev–Trinajstić information content (AvgIpc) is 2.77. The van der Waals surface area contributed by atoms with Crippen LogP contribution in [0.5, 0.6) is 11.5 Å². The summed E-state index contributed by atoms with van der Waals surface area (Å²) in [5.74, 6) is 0.737. The summed E-state index contributed by atoms with van der Waals surface area (Å²) in [6.07, 6.45) is 3.37. The number of hydrogen-bond donors (Lipinski definition) is 0. The maximum Gasteiger partial charge on any atom is 0.338 e. The van der Waals surface area contributed by atoms with E-state index < -0.39 is 5.97 Å². The molecule has 0 spiro atoms. The molecule has 1 saturated heterocycles. The van der Waals surface area contributed by atoms with E-state index in [2.05, 4.69) is 9.97 Å². The molecule has 3 rings (SSSR count). The Hall–Kier alpha value is -3.36. The first kappa shape index (κ1) is 19.4. The number of piperazine rings is 1. The second-order valence-electron chi connectivity index (χ2n) is 6.09. The smallest absolute Gasteiger partial charge is 0.338 e. The minimum absolute atomic E-state index is 0.239. The molecule has 9 heteroatoms. The van der Waals surface area contributed by atoms with Gasteiger partial charge in [0.05, 0.1) is 19.8 Å². The van der Waals surface area contributed by atoms with Gasteiger partial charge in [-0.25, -0.2) is 14.8 Å². The normalized spacial score (nSPS) is 13.8. The number of rotatable bonds is 6. The predicted octanol–water partition coefficient (Wildman–Crippen LogP) is 0.999. The molecule has 1 aliphatic rings. The van der Waals surface area contributed by atoms with E-state index in [9.17, 15) is 9.59 Å². The van der Waals surface area contributed by atoms with E-state index in [0.29, 0.717) is 43.6 Å². The van der Waals surface area contributed by atoms with Crippen LogP contribution in [0.4, 0.5) is 5.95 Å². The standard InChI is InChI=1S/C19H22N4O5/c1-26-15-10-14(11-16(12-15)27-2)18(25)28-13-17(24)22-6-8-23(9-7-22)19-20-4-3-5-21-19/h3-5,10-12H,6-9,13H2,1-2H3. The molecule has 1 aromatic heterocycles. The molecule has 0 saturated carbocycles. The number of hydrogen-bond acceptors (Lipinski definition) is 8. The van der Waals surface area contributed by atoms with Gasteiger partial charge >= 0.3 is 5.97 Å². The third-order valence-corrected chi connectivity index (χ3v) is 4.38. The fourth-order valence-corrected chi connectivity index (χ4v) is 2.84. The lowest BCUT2D eigenvalue weighted by Gasteiger charge is -2.34. The molecular formula is C19H22N4O5. The maximum atomic E-state index is 12.4. The minimum Gasteiger partial charge on any atom is -0.497 e. The molecule has 0 unspecified atom stereocenters. The number of nitrogens with zero attached hydrogens (tertiary/aromatic N) is 4. The van der Waals surface area contributed by atoms with Crippen molar-refractivity contribution in [3.05, 3.63) is 42.2 Å². The van der Waals surface area contributed by atoms with Crippen LogP contribution in [0.1, 0.15) is 10.4 Å². The van der Waals surface area contributed by atoms with E-state index in [-0.39, 0.29) is 18.1 Å². The Bertz CT molecular complexity index is 800. The van der Waals surface area contributed by atoms with E-state index in [4.69, 9.17) is 14.2 Å². The van der Waals surface area contributed by atoms with Crippen LogP contribution < -0.4 is 14.4 Å². The predicted molar refractivity (Wildman–Crippen MR) is 101 cm³/mol. The molecule has 2 aromatic rings. The van der Waals surface area contributed by atoms with E-state index in [1.807, 2.05) is 4.90 Å². The number of ether oxygens (including phenoxy) is 3. The first-order chi connectivity index (χ1) is 13.6. The number of benzene rings is 1. The van der Waals surface area contributed by atoms with Gasteiger partial charge in [0.1, 0.15) is 11.5 Å². The maximum absolute atomic E-state index is 12.4. The molecule has 28 heavy (non-hydrogen) atoms. The fraction of sp³-hybridized carbons (Fsp3) is 0.368. The highest BCUT2D eigenvalue weighted by Gasteiger charge is 2.23. The average molecular weight is 386 g/mol. The molecule has 9 nitrogen and oxygen atoms in total. The number of methoxy groups -OCH3 is 2. The first-order valence-electron chi connectivity index (χ1n) is 8.80. The summed E-state index contributed by atoms with van der Waals surface area (Å²) in [5, 5.41) is 0. The van der Waals surface area contributed by atoms with Crippen molar-refractivity contribution in [3.63, 3.8) is 0 Å². The third kappa shape index (κ3) is 4.67. The van der Waals surface area contributed by atoms with Crippen molar-refractivity contribution < 1.29 is 23.8 Å². The largest absolute Gasteiger partial charge is 0.497 e. The van der Waals surface area contributed by atoms with E-state index in [1.54, 1.807) is 29.4 Å². The zero-order valence-corrected chi connectivity index (χ0v) is 15.8. The lowest BCUT2D eigenvalue weighted by molar-refractivity contribution is -0.134. The molecule has 2 heterocycles. The quantitative estimate of drug-likeness (QED) is 0.679. The molecule has 1 fully saturated rings. The van der Waals surface area contributed by atoms with Crippen molar-refractivity contribution in [1.82, 2.24) is 14.9 Å². The molecule has 1 aliphatic heterocycles. The Labute approximate surface area is 162 Å². The van der Waals surface area contributed by atoms with Crippen LogP contribution in [-0.4, -0.2) is 73.7 Å². The van der Waals surface area contributed by atoms with E-state index in [1.165, 1.54) is 26.4 Å². The van der Waals surface area contributed by atoms with Gasteiger partial charge in [-0.3, -0.25) is 4.79 Å². The minimum atomic E-state index is -0.609. The van der Waals surface area contributed by atoms with Crippen molar-refractivity contribution >= 4 is 17.8 Å². The van der Waals surface area contributed by atoms with Crippen LogP contribution >= 0.6 is 0 Å². The summed E-state index contributed by atoms with van der Waals surface area (Å²) in [6.45, 7) is 1.96. The summed E-state index contributed by atoms with van der Waals surface area (Å²) in [5.41, 5.74) is 0.259. The van der Waals surface area contributed by atoms with Crippen LogP contribution in [0.25, 0.3) is 0 Å². The summed E-state index contributed by atoms with van der Waals surface area (Å²) in [6, 6.07) is 6.48. The number of carbonyl (C=O) groups is 2. The summed E-state index contributed by atoms with van der Waals surface area (Å²) < 4.78 is 15.4. The van der Waals surface area contributed by atoms with Crippen molar-refractivity contribution in [2.24, 2.45) is 0 Å². The number of anilines is 1. The fourth-order valence-electron chi connectivity index (χ4n) is 2.84. The lowest BCUT2D eigenvalue weighted by atomic mass is 10.2. The molecule has 0 aliphatic carbocycles. The Kier molecular flexibility index (Phi) is 6.25. The molecule has 1 aromatic carbocycles. The van der Waals surface area contributed by atoms with Crippen molar-refractivity contribution in [1.29, 1.82) is 0 Å². The second kappa shape index (κ2) is 9.03. The van der Waals surface area contributed by atoms with Gasteiger partial charge in [0, 0.05) is 44.6 Å². The Morgan fingerprint density at radius 1 is 0.964 bits per heavy atom. The number of carbonyl (C=O) groups excluding carboxylic acids is 2. The van der Waals surface area contributed by atoms with Gasteiger partial charge in [-0.1, -0.05) is 0 Å². The number of esters is 1. The van der Waals surface area contributed by atoms with E-state index in [0.717, 1.165) is 0 Å². The second-order valence-corrected chi connectivity index (χ2v) is 6.09. The monoisotopic (exact) mass is 386 g/mol. The van der Waals surface area contributed by atoms with Gasteiger partial charge in [-0.05, 0) is 18.2 Å². The highest BCUT2D eigenvalue weighted by molar-refractivity contribution is 5.92. The van der Waals surface area contributed by atoms with Crippen LogP contribution in [0.15, 0.2) is 36.7 Å². The molecule has 0 N–H and O–H groups in total. The zero-order chi connectivity index (χ0) is 19.9. The Morgan fingerprint density at radius 2 is 1.57 bits per heavy atom. The first-order valence-corrected chi connectivity index (χ1v) is 8.80. The van der Waals surface area contributed by atoms with Gasteiger partial charge in [-0.15, -0.1) is 0 Å². The van der Waals surface area contributed by atoms with Crippen LogP contribution in [0.2, 0.25) is 0 Å². The number of aromatic nitrogens is 2. The topological polar surface area (TPSA) is 94.1 Å². The van der Waals surface area contributed by atoms with Crippen LogP contribution in [-0.2, 0) is 9.53 Å². The van der Waals surface area contributed by atoms with Crippen molar-refractivity contribution in [3.8, 4) is 11.5 Å². The lowest BCUT2D eigenvalue weighted by Crippen LogP contribution is -2.50. The Balaban J connectivity index is 1.51. The van der Waals surface area contributed by atoms with Crippen LogP contribution in [0.3, 0.4) is 0 Å². The van der Waals surface area contributed by atoms with E-state index >= 15 is 0 Å². The summed E-state index contributed by atoms with van der Waals surface area (Å²) in [7, 11) is 2.99. The molecular weight excluding hydrogens is 364 g/mol. The van der Waals surface area contributed by atoms with Gasteiger partial charge < -0.3 is 24.0 Å². The zero-order valence-electron chi connectivity index (χ0n) is 15.8. The molecule has 1 amide bonds. The number of amides is 1. The summed E-state index contributed by atoms with van der Waals surface area (Å²) in [4.78, 5) is 36.8. The van der Waals surface area contributed by atoms with Crippen LogP contribution in [0, 0.1) is 0 Å². The molecule has 0 radical (unpaired) electrons. The van der Waals surface area contributed by atoms with Crippen molar-refractivity contribution in [2.45, 2.75) is 0 Å².